The highest BCUT2D eigenvalue weighted by Crippen LogP contribution is 2.25. The molecule has 0 amide bonds. The summed E-state index contributed by atoms with van der Waals surface area (Å²) in [7, 11) is 0. The number of hydrogen-bond acceptors (Lipinski definition) is 5. The molecule has 0 bridgehead atoms. The molecule has 0 aliphatic carbocycles. The number of hydrogen-bond donors (Lipinski definition) is 2. The maximum absolute atomic E-state index is 4.58. The van der Waals surface area contributed by atoms with Gasteiger partial charge < -0.3 is 15.5 Å². The first-order valence-electron chi connectivity index (χ1n) is 10.4. The van der Waals surface area contributed by atoms with Gasteiger partial charge in [0.05, 0.1) is 0 Å². The number of nitrogens with one attached hydrogen (secondary N) is 2. The Morgan fingerprint density at radius 3 is 2.59 bits per heavy atom. The van der Waals surface area contributed by atoms with E-state index in [1.807, 2.05) is 6.07 Å². The molecule has 1 saturated heterocycles. The lowest BCUT2D eigenvalue weighted by Gasteiger charge is -2.32. The fraction of sp³-hybridized carbons (Fsp3) is 0.333. The predicted molar refractivity (Wildman–Crippen MR) is 121 cm³/mol. The van der Waals surface area contributed by atoms with Gasteiger partial charge in [0, 0.05) is 37.2 Å². The minimum atomic E-state index is 0.621. The van der Waals surface area contributed by atoms with E-state index in [-0.39, 0.29) is 0 Å². The number of benzene rings is 2. The van der Waals surface area contributed by atoms with Crippen LogP contribution in [-0.4, -0.2) is 23.1 Å². The summed E-state index contributed by atoms with van der Waals surface area (Å²) in [6, 6.07) is 18.9. The highest BCUT2D eigenvalue weighted by atomic mass is 15.1. The molecule has 2 heterocycles. The smallest absolute Gasteiger partial charge is 0.224 e. The summed E-state index contributed by atoms with van der Waals surface area (Å²) < 4.78 is 0. The van der Waals surface area contributed by atoms with E-state index in [2.05, 4.69) is 87.9 Å². The molecule has 4 rings (SSSR count). The number of piperidine rings is 1. The maximum atomic E-state index is 4.58. The van der Waals surface area contributed by atoms with E-state index in [1.165, 1.54) is 29.7 Å². The lowest BCUT2D eigenvalue weighted by atomic mass is 9.99. The number of aromatic nitrogens is 2. The van der Waals surface area contributed by atoms with Crippen molar-refractivity contribution in [2.24, 2.45) is 5.92 Å². The molecule has 2 N–H and O–H groups in total. The molecular weight excluding hydrogens is 358 g/mol. The molecule has 150 valence electrons. The normalized spacial score (nSPS) is 14.6. The zero-order chi connectivity index (χ0) is 20.1. The standard InChI is InChI=1S/C24H29N5/c1-18-11-14-29(15-12-18)22-8-6-21(7-9-22)27-23-10-13-25-24(28-23)26-17-20-5-3-4-19(2)16-20/h3-10,13,16,18H,11-12,14-15,17H2,1-2H3,(H2,25,26,27,28). The van der Waals surface area contributed by atoms with Crippen LogP contribution in [0.4, 0.5) is 23.1 Å². The van der Waals surface area contributed by atoms with Gasteiger partial charge in [0.15, 0.2) is 0 Å². The molecule has 1 fully saturated rings. The first-order chi connectivity index (χ1) is 14.2. The van der Waals surface area contributed by atoms with Crippen LogP contribution in [0.3, 0.4) is 0 Å². The molecular formula is C24H29N5. The van der Waals surface area contributed by atoms with E-state index >= 15 is 0 Å². The molecule has 3 aromatic rings. The average molecular weight is 388 g/mol. The minimum Gasteiger partial charge on any atom is -0.372 e. The molecule has 2 aromatic carbocycles. The van der Waals surface area contributed by atoms with Crippen LogP contribution in [-0.2, 0) is 6.54 Å². The SMILES string of the molecule is Cc1cccc(CNc2nccc(Nc3ccc(N4CCC(C)CC4)cc3)n2)c1. The first kappa shape index (κ1) is 19.2. The molecule has 0 unspecified atom stereocenters. The molecule has 1 aromatic heterocycles. The number of aryl methyl sites for hydroxylation is 1. The van der Waals surface area contributed by atoms with Crippen molar-refractivity contribution in [2.75, 3.05) is 28.6 Å². The highest BCUT2D eigenvalue weighted by Gasteiger charge is 2.15. The second-order valence-electron chi connectivity index (χ2n) is 7.95. The Bertz CT molecular complexity index is 930. The Kier molecular flexibility index (Phi) is 5.94. The monoisotopic (exact) mass is 387 g/mol. The molecule has 0 saturated carbocycles. The van der Waals surface area contributed by atoms with Gasteiger partial charge in [-0.15, -0.1) is 0 Å². The average Bonchev–Trinajstić information content (AvgIpc) is 2.74. The van der Waals surface area contributed by atoms with Gasteiger partial charge in [0.1, 0.15) is 5.82 Å². The summed E-state index contributed by atoms with van der Waals surface area (Å²) in [4.78, 5) is 11.4. The summed E-state index contributed by atoms with van der Waals surface area (Å²) in [5, 5.41) is 6.68. The van der Waals surface area contributed by atoms with Gasteiger partial charge in [-0.05, 0) is 61.6 Å². The van der Waals surface area contributed by atoms with Gasteiger partial charge in [-0.3, -0.25) is 0 Å². The fourth-order valence-corrected chi connectivity index (χ4v) is 3.69. The minimum absolute atomic E-state index is 0.621. The van der Waals surface area contributed by atoms with Gasteiger partial charge in [-0.1, -0.05) is 36.8 Å². The number of rotatable bonds is 6. The molecule has 0 radical (unpaired) electrons. The third kappa shape index (κ3) is 5.25. The van der Waals surface area contributed by atoms with Gasteiger partial charge >= 0.3 is 0 Å². The third-order valence-electron chi connectivity index (χ3n) is 5.48. The summed E-state index contributed by atoms with van der Waals surface area (Å²) in [5.74, 6) is 2.25. The van der Waals surface area contributed by atoms with Crippen molar-refractivity contribution in [3.63, 3.8) is 0 Å². The number of anilines is 4. The van der Waals surface area contributed by atoms with Gasteiger partial charge in [-0.25, -0.2) is 4.98 Å². The van der Waals surface area contributed by atoms with Gasteiger partial charge in [0.25, 0.3) is 0 Å². The summed E-state index contributed by atoms with van der Waals surface area (Å²) in [6.07, 6.45) is 4.33. The van der Waals surface area contributed by atoms with Crippen molar-refractivity contribution in [2.45, 2.75) is 33.2 Å². The topological polar surface area (TPSA) is 53.1 Å². The zero-order valence-corrected chi connectivity index (χ0v) is 17.2. The summed E-state index contributed by atoms with van der Waals surface area (Å²) in [5.41, 5.74) is 4.80. The quantitative estimate of drug-likeness (QED) is 0.595. The fourth-order valence-electron chi connectivity index (χ4n) is 3.69. The molecule has 5 nitrogen and oxygen atoms in total. The molecule has 1 aliphatic rings. The van der Waals surface area contributed by atoms with Crippen molar-refractivity contribution >= 4 is 23.1 Å². The molecule has 29 heavy (non-hydrogen) atoms. The van der Waals surface area contributed by atoms with Crippen molar-refractivity contribution < 1.29 is 0 Å². The van der Waals surface area contributed by atoms with Crippen LogP contribution in [0, 0.1) is 12.8 Å². The van der Waals surface area contributed by atoms with Crippen LogP contribution in [0.2, 0.25) is 0 Å². The lowest BCUT2D eigenvalue weighted by Crippen LogP contribution is -2.32. The van der Waals surface area contributed by atoms with Crippen LogP contribution >= 0.6 is 0 Å². The van der Waals surface area contributed by atoms with E-state index in [9.17, 15) is 0 Å². The Labute approximate surface area is 173 Å². The van der Waals surface area contributed by atoms with Crippen LogP contribution in [0.1, 0.15) is 30.9 Å². The molecule has 1 aliphatic heterocycles. The van der Waals surface area contributed by atoms with Crippen molar-refractivity contribution in [1.82, 2.24) is 9.97 Å². The zero-order valence-electron chi connectivity index (χ0n) is 17.2. The molecule has 0 atom stereocenters. The Hall–Kier alpha value is -3.08. The van der Waals surface area contributed by atoms with E-state index in [0.717, 1.165) is 30.5 Å². The molecule has 5 heteroatoms. The summed E-state index contributed by atoms with van der Waals surface area (Å²) >= 11 is 0. The van der Waals surface area contributed by atoms with Crippen LogP contribution in [0.25, 0.3) is 0 Å². The van der Waals surface area contributed by atoms with Gasteiger partial charge in [-0.2, -0.15) is 4.98 Å². The van der Waals surface area contributed by atoms with Crippen LogP contribution < -0.4 is 15.5 Å². The predicted octanol–water partition coefficient (Wildman–Crippen LogP) is 5.38. The maximum Gasteiger partial charge on any atom is 0.224 e. The third-order valence-corrected chi connectivity index (χ3v) is 5.48. The highest BCUT2D eigenvalue weighted by molar-refractivity contribution is 5.61. The Morgan fingerprint density at radius 1 is 1.03 bits per heavy atom. The van der Waals surface area contributed by atoms with Crippen molar-refractivity contribution in [3.8, 4) is 0 Å². The van der Waals surface area contributed by atoms with Crippen LogP contribution in [0.5, 0.6) is 0 Å². The van der Waals surface area contributed by atoms with Crippen molar-refractivity contribution in [3.05, 3.63) is 71.9 Å². The largest absolute Gasteiger partial charge is 0.372 e. The Morgan fingerprint density at radius 2 is 1.83 bits per heavy atom. The van der Waals surface area contributed by atoms with Gasteiger partial charge in [0.2, 0.25) is 5.95 Å². The summed E-state index contributed by atoms with van der Waals surface area (Å²) in [6.45, 7) is 7.44. The lowest BCUT2D eigenvalue weighted by molar-refractivity contribution is 0.438. The molecule has 0 spiro atoms. The van der Waals surface area contributed by atoms with E-state index in [0.29, 0.717) is 12.5 Å². The first-order valence-corrected chi connectivity index (χ1v) is 10.4. The second-order valence-corrected chi connectivity index (χ2v) is 7.95. The van der Waals surface area contributed by atoms with E-state index in [4.69, 9.17) is 0 Å². The van der Waals surface area contributed by atoms with E-state index < -0.39 is 0 Å². The van der Waals surface area contributed by atoms with E-state index in [1.54, 1.807) is 6.20 Å². The number of nitrogens with zero attached hydrogens (tertiary/aromatic N) is 3. The van der Waals surface area contributed by atoms with Crippen LogP contribution in [0.15, 0.2) is 60.8 Å². The second kappa shape index (κ2) is 8.95. The Balaban J connectivity index is 1.36. The van der Waals surface area contributed by atoms with Crippen molar-refractivity contribution in [1.29, 1.82) is 0 Å².